The van der Waals surface area contributed by atoms with Gasteiger partial charge in [0.2, 0.25) is 0 Å². The topological polar surface area (TPSA) is 77.8 Å². The Balaban J connectivity index is 0.000000980. The zero-order valence-corrected chi connectivity index (χ0v) is 8.81. The van der Waals surface area contributed by atoms with Crippen LogP contribution in [-0.2, 0) is 0 Å². The Morgan fingerprint density at radius 3 is 2.57 bits per heavy atom. The highest BCUT2D eigenvalue weighted by Crippen LogP contribution is 2.29. The van der Waals surface area contributed by atoms with Crippen LogP contribution < -0.4 is 11.5 Å². The number of aromatic nitrogens is 2. The summed E-state index contributed by atoms with van der Waals surface area (Å²) in [5, 5.41) is 2.76. The standard InChI is InChI=1S/C8H8N4S.ClH/c9-6-5(1-2-11-7(6)10)8-12-3-4-13-8;/h1-4H,9H2,(H2,10,11);1H. The summed E-state index contributed by atoms with van der Waals surface area (Å²) in [6, 6.07) is 1.81. The molecule has 4 nitrogen and oxygen atoms in total. The van der Waals surface area contributed by atoms with Gasteiger partial charge in [-0.05, 0) is 6.07 Å². The van der Waals surface area contributed by atoms with Crippen LogP contribution in [-0.4, -0.2) is 9.97 Å². The van der Waals surface area contributed by atoms with Crippen molar-refractivity contribution in [3.63, 3.8) is 0 Å². The van der Waals surface area contributed by atoms with Gasteiger partial charge in [-0.3, -0.25) is 0 Å². The van der Waals surface area contributed by atoms with Gasteiger partial charge in [0.25, 0.3) is 0 Å². The molecule has 0 aromatic carbocycles. The van der Waals surface area contributed by atoms with Crippen molar-refractivity contribution in [2.45, 2.75) is 0 Å². The molecule has 2 aromatic rings. The third-order valence-corrected chi connectivity index (χ3v) is 2.49. The largest absolute Gasteiger partial charge is 0.395 e. The van der Waals surface area contributed by atoms with Gasteiger partial charge in [0.1, 0.15) is 10.8 Å². The number of nitrogen functional groups attached to an aromatic ring is 2. The first kappa shape index (κ1) is 10.7. The predicted octanol–water partition coefficient (Wildman–Crippen LogP) is 1.79. The van der Waals surface area contributed by atoms with Gasteiger partial charge in [-0.2, -0.15) is 0 Å². The highest BCUT2D eigenvalue weighted by Gasteiger charge is 2.07. The molecular formula is C8H9ClN4S. The minimum atomic E-state index is 0. The van der Waals surface area contributed by atoms with E-state index >= 15 is 0 Å². The number of rotatable bonds is 1. The van der Waals surface area contributed by atoms with Crippen molar-refractivity contribution in [3.8, 4) is 10.6 Å². The van der Waals surface area contributed by atoms with E-state index in [4.69, 9.17) is 11.5 Å². The summed E-state index contributed by atoms with van der Waals surface area (Å²) in [5.41, 5.74) is 12.7. The first-order chi connectivity index (χ1) is 6.29. The molecule has 2 aromatic heterocycles. The molecule has 6 heteroatoms. The molecule has 0 unspecified atom stereocenters. The van der Waals surface area contributed by atoms with Crippen LogP contribution in [0, 0.1) is 0 Å². The Labute approximate surface area is 91.4 Å². The molecule has 0 atom stereocenters. The van der Waals surface area contributed by atoms with Crippen molar-refractivity contribution in [3.05, 3.63) is 23.8 Å². The van der Waals surface area contributed by atoms with Gasteiger partial charge in [-0.15, -0.1) is 23.7 Å². The molecule has 0 aliphatic carbocycles. The number of hydrogen-bond acceptors (Lipinski definition) is 5. The van der Waals surface area contributed by atoms with E-state index in [-0.39, 0.29) is 12.4 Å². The normalized spacial score (nSPS) is 9.43. The summed E-state index contributed by atoms with van der Waals surface area (Å²) in [6.07, 6.45) is 3.36. The quantitative estimate of drug-likeness (QED) is 0.780. The fourth-order valence-electron chi connectivity index (χ4n) is 1.03. The predicted molar refractivity (Wildman–Crippen MR) is 61.4 cm³/mol. The molecule has 4 N–H and O–H groups in total. The van der Waals surface area contributed by atoms with E-state index in [0.717, 1.165) is 10.6 Å². The molecule has 2 rings (SSSR count). The van der Waals surface area contributed by atoms with E-state index in [9.17, 15) is 0 Å². The molecule has 0 radical (unpaired) electrons. The molecule has 0 bridgehead atoms. The van der Waals surface area contributed by atoms with Gasteiger partial charge < -0.3 is 11.5 Å². The van der Waals surface area contributed by atoms with Crippen molar-refractivity contribution in [2.24, 2.45) is 0 Å². The van der Waals surface area contributed by atoms with Crippen LogP contribution in [0.1, 0.15) is 0 Å². The maximum Gasteiger partial charge on any atom is 0.147 e. The van der Waals surface area contributed by atoms with E-state index < -0.39 is 0 Å². The molecule has 0 spiro atoms. The summed E-state index contributed by atoms with van der Waals surface area (Å²) >= 11 is 1.52. The minimum Gasteiger partial charge on any atom is -0.395 e. The Morgan fingerprint density at radius 1 is 1.14 bits per heavy atom. The van der Waals surface area contributed by atoms with Crippen LogP contribution in [0.15, 0.2) is 23.8 Å². The van der Waals surface area contributed by atoms with E-state index in [1.807, 2.05) is 11.4 Å². The summed E-state index contributed by atoms with van der Waals surface area (Å²) in [5.74, 6) is 0.354. The molecule has 0 aliphatic rings. The fourth-order valence-corrected chi connectivity index (χ4v) is 1.71. The number of nitrogens with zero attached hydrogens (tertiary/aromatic N) is 2. The summed E-state index contributed by atoms with van der Waals surface area (Å²) in [6.45, 7) is 0. The SMILES string of the molecule is Cl.Nc1nccc(-c2nccs2)c1N. The van der Waals surface area contributed by atoms with Crippen molar-refractivity contribution < 1.29 is 0 Å². The third-order valence-electron chi connectivity index (χ3n) is 1.68. The number of thiazole rings is 1. The van der Waals surface area contributed by atoms with Gasteiger partial charge in [-0.1, -0.05) is 0 Å². The average Bonchev–Trinajstić information content (AvgIpc) is 2.62. The lowest BCUT2D eigenvalue weighted by Crippen LogP contribution is -1.99. The molecule has 0 aliphatic heterocycles. The number of hydrogen-bond donors (Lipinski definition) is 2. The third kappa shape index (κ3) is 1.78. The second kappa shape index (κ2) is 4.26. The lowest BCUT2D eigenvalue weighted by atomic mass is 10.2. The highest BCUT2D eigenvalue weighted by molar-refractivity contribution is 7.13. The first-order valence-electron chi connectivity index (χ1n) is 3.69. The molecule has 14 heavy (non-hydrogen) atoms. The second-order valence-electron chi connectivity index (χ2n) is 2.49. The van der Waals surface area contributed by atoms with Crippen LogP contribution in [0.3, 0.4) is 0 Å². The maximum atomic E-state index is 5.75. The Bertz CT molecular complexity index is 415. The van der Waals surface area contributed by atoms with Crippen molar-refractivity contribution in [2.75, 3.05) is 11.5 Å². The minimum absolute atomic E-state index is 0. The van der Waals surface area contributed by atoms with Crippen molar-refractivity contribution in [1.29, 1.82) is 0 Å². The fraction of sp³-hybridized carbons (Fsp3) is 0. The number of halogens is 1. The lowest BCUT2D eigenvalue weighted by Gasteiger charge is -2.03. The monoisotopic (exact) mass is 228 g/mol. The zero-order valence-electron chi connectivity index (χ0n) is 7.18. The molecule has 0 fully saturated rings. The second-order valence-corrected chi connectivity index (χ2v) is 3.39. The van der Waals surface area contributed by atoms with Gasteiger partial charge in [0.05, 0.1) is 5.69 Å². The Morgan fingerprint density at radius 2 is 1.93 bits per heavy atom. The Kier molecular flexibility index (Phi) is 3.27. The van der Waals surface area contributed by atoms with E-state index in [2.05, 4.69) is 9.97 Å². The van der Waals surface area contributed by atoms with Gasteiger partial charge in [0, 0.05) is 23.3 Å². The van der Waals surface area contributed by atoms with Gasteiger partial charge >= 0.3 is 0 Å². The van der Waals surface area contributed by atoms with E-state index in [0.29, 0.717) is 11.5 Å². The number of anilines is 2. The molecule has 0 saturated carbocycles. The molecule has 0 saturated heterocycles. The molecule has 74 valence electrons. The smallest absolute Gasteiger partial charge is 0.147 e. The number of nitrogens with two attached hydrogens (primary N) is 2. The molecule has 0 amide bonds. The van der Waals surface area contributed by atoms with Gasteiger partial charge in [-0.25, -0.2) is 9.97 Å². The van der Waals surface area contributed by atoms with Crippen LogP contribution in [0.25, 0.3) is 10.6 Å². The summed E-state index contributed by atoms with van der Waals surface area (Å²) in [7, 11) is 0. The van der Waals surface area contributed by atoms with Gasteiger partial charge in [0.15, 0.2) is 0 Å². The average molecular weight is 229 g/mol. The van der Waals surface area contributed by atoms with E-state index in [1.54, 1.807) is 12.4 Å². The highest BCUT2D eigenvalue weighted by atomic mass is 35.5. The Hall–Kier alpha value is -1.33. The van der Waals surface area contributed by atoms with Crippen molar-refractivity contribution in [1.82, 2.24) is 9.97 Å². The number of pyridine rings is 1. The van der Waals surface area contributed by atoms with Crippen LogP contribution in [0.5, 0.6) is 0 Å². The first-order valence-corrected chi connectivity index (χ1v) is 4.57. The van der Waals surface area contributed by atoms with Crippen LogP contribution in [0.2, 0.25) is 0 Å². The maximum absolute atomic E-state index is 5.75. The summed E-state index contributed by atoms with van der Waals surface area (Å²) in [4.78, 5) is 8.02. The molecular weight excluding hydrogens is 220 g/mol. The molecule has 2 heterocycles. The zero-order chi connectivity index (χ0) is 9.26. The van der Waals surface area contributed by atoms with Crippen LogP contribution in [0.4, 0.5) is 11.5 Å². The van der Waals surface area contributed by atoms with Crippen molar-refractivity contribution >= 4 is 35.2 Å². The van der Waals surface area contributed by atoms with Crippen LogP contribution >= 0.6 is 23.7 Å². The van der Waals surface area contributed by atoms with E-state index in [1.165, 1.54) is 11.3 Å². The lowest BCUT2D eigenvalue weighted by molar-refractivity contribution is 1.33. The summed E-state index contributed by atoms with van der Waals surface area (Å²) < 4.78 is 0.